The van der Waals surface area contributed by atoms with Crippen molar-refractivity contribution in [3.8, 4) is 0 Å². The average Bonchev–Trinajstić information content (AvgIpc) is 1.90. The molecule has 0 amide bonds. The fourth-order valence-corrected chi connectivity index (χ4v) is 1.10. The fourth-order valence-electron chi connectivity index (χ4n) is 1.10. The zero-order valence-electron chi connectivity index (χ0n) is 5.14. The molecule has 56 valence electrons. The summed E-state index contributed by atoms with van der Waals surface area (Å²) >= 11 is 0. The summed E-state index contributed by atoms with van der Waals surface area (Å²) in [7, 11) is 0. The molecule has 0 radical (unpaired) electrons. The summed E-state index contributed by atoms with van der Waals surface area (Å²) in [5.41, 5.74) is 0. The second kappa shape index (κ2) is 4.77. The van der Waals surface area contributed by atoms with Crippen LogP contribution in [0.15, 0.2) is 0 Å². The first-order valence-electron chi connectivity index (χ1n) is 3.26. The summed E-state index contributed by atoms with van der Waals surface area (Å²) in [6.07, 6.45) is 3.87. The van der Waals surface area contributed by atoms with Gasteiger partial charge in [-0.15, -0.1) is 0 Å². The number of piperidine rings is 1. The number of nitrogens with zero attached hydrogens (tertiary/aromatic N) is 1. The first-order valence-corrected chi connectivity index (χ1v) is 3.26. The molecule has 0 aromatic carbocycles. The second-order valence-electron chi connectivity index (χ2n) is 2.32. The molecule has 1 heterocycles. The van der Waals surface area contributed by atoms with Crippen LogP contribution in [-0.2, 0) is 0 Å². The number of aliphatic hydroxyl groups excluding tert-OH is 1. The van der Waals surface area contributed by atoms with Crippen molar-refractivity contribution in [1.29, 1.82) is 0 Å². The Kier molecular flexibility index (Phi) is 4.72. The van der Waals surface area contributed by atoms with Gasteiger partial charge in [-0.1, -0.05) is 13.8 Å². The van der Waals surface area contributed by atoms with Crippen molar-refractivity contribution in [3.05, 3.63) is 0 Å². The van der Waals surface area contributed by atoms with Gasteiger partial charge in [-0.3, -0.25) is 4.90 Å². The summed E-state index contributed by atoms with van der Waals surface area (Å²) in [4.78, 5) is 2.07. The van der Waals surface area contributed by atoms with Gasteiger partial charge in [0.2, 0.25) is 0 Å². The zero-order chi connectivity index (χ0) is 5.82. The fraction of sp³-hybridized carbons (Fsp3) is 1.00. The van der Waals surface area contributed by atoms with Crippen molar-refractivity contribution in [2.24, 2.45) is 0 Å². The lowest BCUT2D eigenvalue weighted by Gasteiger charge is -2.23. The molecule has 1 N–H and O–H groups in total. The van der Waals surface area contributed by atoms with Gasteiger partial charge >= 0.3 is 0 Å². The van der Waals surface area contributed by atoms with Gasteiger partial charge in [0.1, 0.15) is 0 Å². The van der Waals surface area contributed by atoms with Crippen molar-refractivity contribution in [2.75, 3.05) is 19.8 Å². The molecule has 1 rings (SSSR count). The highest BCUT2D eigenvalue weighted by Gasteiger charge is 2.06. The molecule has 0 aromatic heterocycles. The van der Waals surface area contributed by atoms with Crippen molar-refractivity contribution in [1.82, 2.24) is 4.90 Å². The molecule has 0 aromatic rings. The smallest absolute Gasteiger partial charge is 0.0956 e. The highest BCUT2D eigenvalue weighted by atomic mass is 16.3. The molecule has 0 spiro atoms. The van der Waals surface area contributed by atoms with Gasteiger partial charge in [-0.05, 0) is 12.8 Å². The van der Waals surface area contributed by atoms with Crippen LogP contribution in [0.5, 0.6) is 0 Å². The highest BCUT2D eigenvalue weighted by molar-refractivity contribution is 4.59. The normalized spacial score (nSPS) is 21.0. The minimum absolute atomic E-state index is 0. The molecule has 2 nitrogen and oxygen atoms in total. The molecule has 0 bridgehead atoms. The van der Waals surface area contributed by atoms with Gasteiger partial charge in [0.15, 0.2) is 0 Å². The predicted molar refractivity (Wildman–Crippen MR) is 39.2 cm³/mol. The van der Waals surface area contributed by atoms with Crippen LogP contribution in [0.4, 0.5) is 0 Å². The Morgan fingerprint density at radius 3 is 2.00 bits per heavy atom. The minimum Gasteiger partial charge on any atom is -0.381 e. The van der Waals surface area contributed by atoms with E-state index in [1.54, 1.807) is 0 Å². The van der Waals surface area contributed by atoms with E-state index in [2.05, 4.69) is 4.90 Å². The Morgan fingerprint density at radius 1 is 1.11 bits per heavy atom. The van der Waals surface area contributed by atoms with E-state index in [9.17, 15) is 0 Å². The van der Waals surface area contributed by atoms with Crippen LogP contribution in [0.25, 0.3) is 0 Å². The summed E-state index contributed by atoms with van der Waals surface area (Å²) in [6, 6.07) is 0. The maximum atomic E-state index is 8.62. The number of rotatable bonds is 1. The molecule has 1 saturated heterocycles. The Hall–Kier alpha value is -0.0800. The number of likely N-dealkylation sites (tertiary alicyclic amines) is 1. The van der Waals surface area contributed by atoms with Gasteiger partial charge in [-0.2, -0.15) is 0 Å². The zero-order valence-corrected chi connectivity index (χ0v) is 5.14. The van der Waals surface area contributed by atoms with Crippen molar-refractivity contribution in [2.45, 2.75) is 26.7 Å². The van der Waals surface area contributed by atoms with Crippen LogP contribution in [0.3, 0.4) is 0 Å². The Morgan fingerprint density at radius 2 is 1.67 bits per heavy atom. The van der Waals surface area contributed by atoms with Crippen molar-refractivity contribution >= 4 is 0 Å². The lowest BCUT2D eigenvalue weighted by Crippen LogP contribution is -2.30. The molecule has 9 heavy (non-hydrogen) atoms. The number of hydrogen-bond acceptors (Lipinski definition) is 2. The summed E-state index contributed by atoms with van der Waals surface area (Å²) < 4.78 is 0. The van der Waals surface area contributed by atoms with Crippen LogP contribution in [0, 0.1) is 0 Å². The Labute approximate surface area is 57.5 Å². The largest absolute Gasteiger partial charge is 0.381 e. The average molecular weight is 131 g/mol. The molecule has 0 unspecified atom stereocenters. The van der Waals surface area contributed by atoms with Gasteiger partial charge in [0.25, 0.3) is 0 Å². The van der Waals surface area contributed by atoms with Gasteiger partial charge < -0.3 is 5.11 Å². The molecule has 0 saturated carbocycles. The lowest BCUT2D eigenvalue weighted by molar-refractivity contribution is 0.0896. The van der Waals surface area contributed by atoms with Crippen LogP contribution in [0.1, 0.15) is 26.7 Å². The molecule has 2 heteroatoms. The lowest BCUT2D eigenvalue weighted by atomic mass is 10.1. The SMILES string of the molecule is C.OCN1CCCCC1. The third-order valence-electron chi connectivity index (χ3n) is 1.65. The number of hydrogen-bond donors (Lipinski definition) is 1. The molecule has 1 fully saturated rings. The maximum absolute atomic E-state index is 8.62. The van der Waals surface area contributed by atoms with E-state index in [-0.39, 0.29) is 14.2 Å². The molecule has 0 atom stereocenters. The molecular weight excluding hydrogens is 114 g/mol. The van der Waals surface area contributed by atoms with Crippen molar-refractivity contribution < 1.29 is 5.11 Å². The quantitative estimate of drug-likeness (QED) is 0.575. The first kappa shape index (κ1) is 8.92. The number of aliphatic hydroxyl groups is 1. The van der Waals surface area contributed by atoms with E-state index in [4.69, 9.17) is 5.11 Å². The third kappa shape index (κ3) is 2.82. The summed E-state index contributed by atoms with van der Waals surface area (Å²) in [5.74, 6) is 0. The minimum atomic E-state index is 0. The van der Waals surface area contributed by atoms with Crippen LogP contribution in [0.2, 0.25) is 0 Å². The molecular formula is C7H17NO. The maximum Gasteiger partial charge on any atom is 0.0956 e. The standard InChI is InChI=1S/C6H13NO.CH4/c8-6-7-4-2-1-3-5-7;/h8H,1-6H2;1H4. The van der Waals surface area contributed by atoms with Gasteiger partial charge in [0, 0.05) is 13.1 Å². The van der Waals surface area contributed by atoms with Crippen molar-refractivity contribution in [3.63, 3.8) is 0 Å². The van der Waals surface area contributed by atoms with E-state index in [0.717, 1.165) is 13.1 Å². The monoisotopic (exact) mass is 131 g/mol. The van der Waals surface area contributed by atoms with E-state index in [1.165, 1.54) is 19.3 Å². The summed E-state index contributed by atoms with van der Waals surface area (Å²) in [5, 5.41) is 8.62. The predicted octanol–water partition coefficient (Wildman–Crippen LogP) is 1.06. The second-order valence-corrected chi connectivity index (χ2v) is 2.32. The van der Waals surface area contributed by atoms with E-state index in [0.29, 0.717) is 0 Å². The third-order valence-corrected chi connectivity index (χ3v) is 1.65. The Bertz CT molecular complexity index is 59.9. The summed E-state index contributed by atoms with van der Waals surface area (Å²) in [6.45, 7) is 2.44. The van der Waals surface area contributed by atoms with E-state index in [1.807, 2.05) is 0 Å². The van der Waals surface area contributed by atoms with Gasteiger partial charge in [0.05, 0.1) is 6.73 Å². The first-order chi connectivity index (χ1) is 3.93. The molecule has 0 aliphatic carbocycles. The van der Waals surface area contributed by atoms with Crippen LogP contribution >= 0.6 is 0 Å². The van der Waals surface area contributed by atoms with Gasteiger partial charge in [-0.25, -0.2) is 0 Å². The topological polar surface area (TPSA) is 23.5 Å². The molecule has 1 aliphatic heterocycles. The van der Waals surface area contributed by atoms with E-state index >= 15 is 0 Å². The van der Waals surface area contributed by atoms with E-state index < -0.39 is 0 Å². The van der Waals surface area contributed by atoms with Crippen LogP contribution < -0.4 is 0 Å². The molecule has 1 aliphatic rings. The Balaban J connectivity index is 0.000000640. The highest BCUT2D eigenvalue weighted by Crippen LogP contribution is 2.06. The van der Waals surface area contributed by atoms with Crippen LogP contribution in [-0.4, -0.2) is 29.8 Å².